The smallest absolute Gasteiger partial charge is 0.160 e. The Morgan fingerprint density at radius 3 is 2.85 bits per heavy atom. The molecule has 1 saturated heterocycles. The molecule has 1 aromatic carbocycles. The summed E-state index contributed by atoms with van der Waals surface area (Å²) >= 11 is 3.11. The Bertz CT molecular complexity index is 831. The van der Waals surface area contributed by atoms with E-state index in [0.29, 0.717) is 29.2 Å². The fraction of sp³-hybridized carbons (Fsp3) is 0.368. The van der Waals surface area contributed by atoms with Gasteiger partial charge >= 0.3 is 0 Å². The number of piperidine rings is 1. The van der Waals surface area contributed by atoms with Gasteiger partial charge in [-0.05, 0) is 66.0 Å². The SMILES string of the molecule is O=C(Cc1cocc1C(=Nc1ccc(F)c(Br)c1)NO)CC1CCNCC1. The highest BCUT2D eigenvalue weighted by Gasteiger charge is 2.20. The first-order valence-corrected chi connectivity index (χ1v) is 9.58. The summed E-state index contributed by atoms with van der Waals surface area (Å²) in [4.78, 5) is 16.7. The van der Waals surface area contributed by atoms with Crippen LogP contribution in [-0.2, 0) is 11.2 Å². The van der Waals surface area contributed by atoms with Crippen LogP contribution in [0, 0.1) is 11.7 Å². The summed E-state index contributed by atoms with van der Waals surface area (Å²) in [6.45, 7) is 1.90. The van der Waals surface area contributed by atoms with E-state index in [2.05, 4.69) is 26.2 Å². The molecule has 1 aliphatic heterocycles. The fourth-order valence-electron chi connectivity index (χ4n) is 3.19. The van der Waals surface area contributed by atoms with Crippen molar-refractivity contribution in [3.05, 3.63) is 52.1 Å². The van der Waals surface area contributed by atoms with E-state index in [4.69, 9.17) is 4.42 Å². The third-order valence-electron chi connectivity index (χ3n) is 4.61. The molecule has 0 atom stereocenters. The maximum Gasteiger partial charge on any atom is 0.160 e. The molecule has 3 rings (SSSR count). The average molecular weight is 438 g/mol. The number of ketones is 1. The van der Waals surface area contributed by atoms with E-state index in [9.17, 15) is 14.4 Å². The first-order chi connectivity index (χ1) is 13.1. The molecule has 0 spiro atoms. The monoisotopic (exact) mass is 437 g/mol. The van der Waals surface area contributed by atoms with Gasteiger partial charge in [0.05, 0.1) is 22.0 Å². The van der Waals surface area contributed by atoms with E-state index in [1.807, 2.05) is 5.48 Å². The first-order valence-electron chi connectivity index (χ1n) is 8.78. The van der Waals surface area contributed by atoms with E-state index in [1.54, 1.807) is 0 Å². The van der Waals surface area contributed by atoms with Crippen molar-refractivity contribution < 1.29 is 18.8 Å². The molecule has 3 N–H and O–H groups in total. The second-order valence-corrected chi connectivity index (χ2v) is 7.45. The molecular formula is C19H21BrFN3O3. The lowest BCUT2D eigenvalue weighted by Crippen LogP contribution is -2.29. The quantitative estimate of drug-likeness (QED) is 0.364. The predicted molar refractivity (Wildman–Crippen MR) is 103 cm³/mol. The number of hydrogen-bond donors (Lipinski definition) is 3. The number of benzene rings is 1. The molecule has 0 saturated carbocycles. The van der Waals surface area contributed by atoms with E-state index in [-0.39, 0.29) is 22.5 Å². The zero-order valence-electron chi connectivity index (χ0n) is 14.7. The van der Waals surface area contributed by atoms with Gasteiger partial charge in [0.1, 0.15) is 17.9 Å². The molecule has 6 nitrogen and oxygen atoms in total. The highest BCUT2D eigenvalue weighted by atomic mass is 79.9. The molecule has 144 valence electrons. The van der Waals surface area contributed by atoms with Gasteiger partial charge in [0.25, 0.3) is 0 Å². The van der Waals surface area contributed by atoms with Gasteiger partial charge in [-0.3, -0.25) is 15.5 Å². The van der Waals surface area contributed by atoms with Crippen molar-refractivity contribution in [3.8, 4) is 0 Å². The first kappa shape index (κ1) is 19.7. The summed E-state index contributed by atoms with van der Waals surface area (Å²) in [5, 5.41) is 12.8. The molecular weight excluding hydrogens is 417 g/mol. The highest BCUT2D eigenvalue weighted by Crippen LogP contribution is 2.24. The van der Waals surface area contributed by atoms with Crippen LogP contribution in [0.3, 0.4) is 0 Å². The highest BCUT2D eigenvalue weighted by molar-refractivity contribution is 9.10. The van der Waals surface area contributed by atoms with Crippen LogP contribution in [0.1, 0.15) is 30.4 Å². The normalized spacial score (nSPS) is 15.7. The Balaban J connectivity index is 1.74. The summed E-state index contributed by atoms with van der Waals surface area (Å²) in [5.74, 6) is 0.271. The van der Waals surface area contributed by atoms with E-state index in [0.717, 1.165) is 25.9 Å². The molecule has 8 heteroatoms. The Morgan fingerprint density at radius 2 is 2.15 bits per heavy atom. The molecule has 2 heterocycles. The van der Waals surface area contributed by atoms with Crippen LogP contribution in [0.2, 0.25) is 0 Å². The Morgan fingerprint density at radius 1 is 1.37 bits per heavy atom. The van der Waals surface area contributed by atoms with Crippen LogP contribution in [-0.4, -0.2) is 29.9 Å². The number of nitrogens with zero attached hydrogens (tertiary/aromatic N) is 1. The van der Waals surface area contributed by atoms with Crippen molar-refractivity contribution >= 4 is 33.2 Å². The lowest BCUT2D eigenvalue weighted by molar-refractivity contribution is -0.119. The minimum absolute atomic E-state index is 0.131. The Hall–Kier alpha value is -2.03. The number of halogens is 2. The summed E-state index contributed by atoms with van der Waals surface area (Å²) in [6.07, 6.45) is 5.68. The molecule has 0 unspecified atom stereocenters. The Labute approximate surface area is 164 Å². The van der Waals surface area contributed by atoms with Crippen molar-refractivity contribution in [2.45, 2.75) is 25.7 Å². The van der Waals surface area contributed by atoms with Crippen molar-refractivity contribution in [1.29, 1.82) is 0 Å². The molecule has 0 aliphatic carbocycles. The minimum atomic E-state index is -0.403. The summed E-state index contributed by atoms with van der Waals surface area (Å²) in [6, 6.07) is 4.25. The molecule has 27 heavy (non-hydrogen) atoms. The summed E-state index contributed by atoms with van der Waals surface area (Å²) < 4.78 is 18.9. The largest absolute Gasteiger partial charge is 0.472 e. The van der Waals surface area contributed by atoms with Gasteiger partial charge in [-0.15, -0.1) is 0 Å². The van der Waals surface area contributed by atoms with Crippen molar-refractivity contribution in [2.24, 2.45) is 10.9 Å². The van der Waals surface area contributed by atoms with Gasteiger partial charge < -0.3 is 9.73 Å². The van der Waals surface area contributed by atoms with Gasteiger partial charge in [-0.2, -0.15) is 0 Å². The number of aliphatic imine (C=N–C) groups is 1. The second-order valence-electron chi connectivity index (χ2n) is 6.59. The van der Waals surface area contributed by atoms with Crippen LogP contribution in [0.4, 0.5) is 10.1 Å². The van der Waals surface area contributed by atoms with Gasteiger partial charge in [-0.1, -0.05) is 0 Å². The number of carbonyl (C=O) groups excluding carboxylic acids is 1. The predicted octanol–water partition coefficient (Wildman–Crippen LogP) is 3.74. The Kier molecular flexibility index (Phi) is 6.76. The fourth-order valence-corrected chi connectivity index (χ4v) is 3.56. The number of furan rings is 1. The molecule has 0 radical (unpaired) electrons. The third kappa shape index (κ3) is 5.24. The van der Waals surface area contributed by atoms with E-state index >= 15 is 0 Å². The summed E-state index contributed by atoms with van der Waals surface area (Å²) in [5.41, 5.74) is 3.63. The lowest BCUT2D eigenvalue weighted by Gasteiger charge is -2.21. The molecule has 1 aliphatic rings. The molecule has 0 amide bonds. The van der Waals surface area contributed by atoms with Gasteiger partial charge in [-0.25, -0.2) is 9.38 Å². The van der Waals surface area contributed by atoms with Gasteiger partial charge in [0, 0.05) is 18.4 Å². The number of hydroxylamine groups is 1. The van der Waals surface area contributed by atoms with Crippen LogP contribution in [0.15, 0.2) is 44.6 Å². The van der Waals surface area contributed by atoms with E-state index < -0.39 is 5.82 Å². The number of nitrogens with one attached hydrogen (secondary N) is 2. The maximum absolute atomic E-state index is 13.4. The second kappa shape index (κ2) is 9.25. The molecule has 1 aromatic heterocycles. The standard InChI is InChI=1S/C19H21BrFN3O3/c20-17-9-14(1-2-18(17)21)23-19(24-26)16-11-27-10-13(16)8-15(25)7-12-3-5-22-6-4-12/h1-2,9-12,22,26H,3-8H2,(H,23,24). The van der Waals surface area contributed by atoms with Gasteiger partial charge in [0.15, 0.2) is 5.84 Å². The van der Waals surface area contributed by atoms with Crippen LogP contribution < -0.4 is 10.8 Å². The van der Waals surface area contributed by atoms with Crippen molar-refractivity contribution in [2.75, 3.05) is 13.1 Å². The van der Waals surface area contributed by atoms with Crippen LogP contribution >= 0.6 is 15.9 Å². The minimum Gasteiger partial charge on any atom is -0.472 e. The zero-order chi connectivity index (χ0) is 19.2. The summed E-state index contributed by atoms with van der Waals surface area (Å²) in [7, 11) is 0. The number of amidine groups is 1. The zero-order valence-corrected chi connectivity index (χ0v) is 16.3. The van der Waals surface area contributed by atoms with Gasteiger partial charge in [0.2, 0.25) is 0 Å². The topological polar surface area (TPSA) is 86.9 Å². The average Bonchev–Trinajstić information content (AvgIpc) is 3.11. The molecule has 0 bridgehead atoms. The third-order valence-corrected chi connectivity index (χ3v) is 5.22. The maximum atomic E-state index is 13.4. The molecule has 2 aromatic rings. The number of carbonyl (C=O) groups is 1. The molecule has 1 fully saturated rings. The van der Waals surface area contributed by atoms with Crippen molar-refractivity contribution in [3.63, 3.8) is 0 Å². The number of Topliss-reactive ketones (excluding diaryl/α,β-unsaturated/α-hetero) is 1. The number of hydrogen-bond acceptors (Lipinski definition) is 5. The van der Waals surface area contributed by atoms with Crippen molar-refractivity contribution in [1.82, 2.24) is 10.8 Å². The van der Waals surface area contributed by atoms with Crippen LogP contribution in [0.5, 0.6) is 0 Å². The lowest BCUT2D eigenvalue weighted by atomic mass is 9.91. The number of rotatable bonds is 6. The van der Waals surface area contributed by atoms with E-state index in [1.165, 1.54) is 30.7 Å². The van der Waals surface area contributed by atoms with Crippen LogP contribution in [0.25, 0.3) is 0 Å².